The Kier molecular flexibility index (Phi) is 11.0. The van der Waals surface area contributed by atoms with E-state index in [-0.39, 0.29) is 18.7 Å². The molecule has 4 atom stereocenters. The highest BCUT2D eigenvalue weighted by Crippen LogP contribution is 2.19. The van der Waals surface area contributed by atoms with Crippen LogP contribution in [-0.2, 0) is 24.0 Å². The Morgan fingerprint density at radius 2 is 1.83 bits per heavy atom. The predicted molar refractivity (Wildman–Crippen MR) is 115 cm³/mol. The molecule has 13 heteroatoms. The summed E-state index contributed by atoms with van der Waals surface area (Å²) in [6.45, 7) is 0.277. The maximum absolute atomic E-state index is 13.0. The van der Waals surface area contributed by atoms with Crippen molar-refractivity contribution in [2.45, 2.75) is 49.9 Å². The van der Waals surface area contributed by atoms with Crippen molar-refractivity contribution in [1.82, 2.24) is 15.5 Å². The molecule has 0 spiro atoms. The van der Waals surface area contributed by atoms with E-state index in [2.05, 4.69) is 23.3 Å². The first-order valence-electron chi connectivity index (χ1n) is 9.40. The van der Waals surface area contributed by atoms with Crippen LogP contribution in [0, 0.1) is 0 Å². The number of hydrogen-bond donors (Lipinski definition) is 6. The van der Waals surface area contributed by atoms with Gasteiger partial charge in [-0.25, -0.2) is 4.79 Å². The number of carbonyl (C=O) groups is 5. The van der Waals surface area contributed by atoms with Crippen LogP contribution in [0.25, 0.3) is 0 Å². The van der Waals surface area contributed by atoms with Crippen molar-refractivity contribution >= 4 is 54.0 Å². The Hall–Kier alpha value is -1.99. The van der Waals surface area contributed by atoms with Gasteiger partial charge in [-0.15, -0.1) is 0 Å². The zero-order chi connectivity index (χ0) is 22.8. The predicted octanol–water partition coefficient (Wildman–Crippen LogP) is -2.08. The second kappa shape index (κ2) is 12.6. The average molecular weight is 464 g/mol. The molecule has 4 unspecified atom stereocenters. The maximum atomic E-state index is 13.0. The van der Waals surface area contributed by atoms with E-state index < -0.39 is 60.2 Å². The number of carbonyl (C=O) groups excluding carboxylic acids is 4. The van der Waals surface area contributed by atoms with Crippen LogP contribution in [0.4, 0.5) is 0 Å². The van der Waals surface area contributed by atoms with Crippen molar-refractivity contribution in [3.05, 3.63) is 0 Å². The van der Waals surface area contributed by atoms with Gasteiger partial charge in [-0.3, -0.25) is 19.2 Å². The largest absolute Gasteiger partial charge is 0.480 e. The number of rotatable bonds is 12. The van der Waals surface area contributed by atoms with Gasteiger partial charge < -0.3 is 32.1 Å². The molecule has 1 heterocycles. The van der Waals surface area contributed by atoms with Crippen LogP contribution in [0.5, 0.6) is 0 Å². The average Bonchev–Trinajstić information content (AvgIpc) is 3.18. The number of amides is 4. The van der Waals surface area contributed by atoms with Crippen molar-refractivity contribution in [3.8, 4) is 0 Å². The van der Waals surface area contributed by atoms with Crippen molar-refractivity contribution in [2.75, 3.05) is 24.3 Å². The van der Waals surface area contributed by atoms with E-state index in [4.69, 9.17) is 11.5 Å². The molecule has 4 amide bonds. The molecule has 0 aromatic rings. The minimum atomic E-state index is -1.32. The zero-order valence-corrected chi connectivity index (χ0v) is 18.4. The van der Waals surface area contributed by atoms with E-state index in [0.29, 0.717) is 18.6 Å². The fraction of sp³-hybridized carbons (Fsp3) is 0.706. The Labute approximate surface area is 184 Å². The summed E-state index contributed by atoms with van der Waals surface area (Å²) in [6, 6.07) is -4.26. The number of thiol groups is 1. The lowest BCUT2D eigenvalue weighted by molar-refractivity contribution is -0.149. The van der Waals surface area contributed by atoms with Crippen LogP contribution in [0.15, 0.2) is 0 Å². The monoisotopic (exact) mass is 463 g/mol. The van der Waals surface area contributed by atoms with Gasteiger partial charge in [0.2, 0.25) is 23.6 Å². The molecule has 30 heavy (non-hydrogen) atoms. The summed E-state index contributed by atoms with van der Waals surface area (Å²) < 4.78 is 0. The highest BCUT2D eigenvalue weighted by Gasteiger charge is 2.38. The van der Waals surface area contributed by atoms with Crippen LogP contribution in [-0.4, -0.2) is 88.1 Å². The Morgan fingerprint density at radius 1 is 1.20 bits per heavy atom. The van der Waals surface area contributed by atoms with E-state index in [9.17, 15) is 29.1 Å². The van der Waals surface area contributed by atoms with Crippen molar-refractivity contribution in [3.63, 3.8) is 0 Å². The SMILES string of the molecule is CSCCC(NC(=O)C(CC(N)=O)NC(=O)C(N)CS)C(=O)N1CCCC1C(=O)O. The quantitative estimate of drug-likeness (QED) is 0.178. The minimum absolute atomic E-state index is 0.0249. The highest BCUT2D eigenvalue weighted by molar-refractivity contribution is 7.98. The highest BCUT2D eigenvalue weighted by atomic mass is 32.2. The molecule has 0 aromatic carbocycles. The first-order chi connectivity index (χ1) is 14.1. The summed E-state index contributed by atoms with van der Waals surface area (Å²) in [5, 5.41) is 14.2. The van der Waals surface area contributed by atoms with Crippen LogP contribution in [0.3, 0.4) is 0 Å². The van der Waals surface area contributed by atoms with E-state index >= 15 is 0 Å². The Balaban J connectivity index is 2.97. The number of primary amides is 1. The molecule has 0 radical (unpaired) electrons. The molecule has 11 nitrogen and oxygen atoms in total. The van der Waals surface area contributed by atoms with Gasteiger partial charge in [0, 0.05) is 12.3 Å². The summed E-state index contributed by atoms with van der Waals surface area (Å²) in [4.78, 5) is 61.7. The number of aliphatic carboxylic acids is 1. The number of nitrogens with one attached hydrogen (secondary N) is 2. The summed E-state index contributed by atoms with van der Waals surface area (Å²) >= 11 is 5.37. The smallest absolute Gasteiger partial charge is 0.326 e. The number of nitrogens with two attached hydrogens (primary N) is 2. The fourth-order valence-corrected chi connectivity index (χ4v) is 3.66. The second-order valence-electron chi connectivity index (χ2n) is 6.89. The van der Waals surface area contributed by atoms with Gasteiger partial charge in [0.15, 0.2) is 0 Å². The molecule has 1 saturated heterocycles. The van der Waals surface area contributed by atoms with Crippen LogP contribution in [0.1, 0.15) is 25.7 Å². The molecule has 1 aliphatic rings. The van der Waals surface area contributed by atoms with Gasteiger partial charge >= 0.3 is 5.97 Å². The number of carboxylic acid groups (broad SMARTS) is 1. The van der Waals surface area contributed by atoms with Gasteiger partial charge in [-0.2, -0.15) is 24.4 Å². The fourth-order valence-electron chi connectivity index (χ4n) is 3.02. The summed E-state index contributed by atoms with van der Waals surface area (Å²) in [5.74, 6) is -3.36. The molecular formula is C17H29N5O6S2. The van der Waals surface area contributed by atoms with E-state index in [1.807, 2.05) is 6.26 Å². The number of nitrogens with zero attached hydrogens (tertiary/aromatic N) is 1. The summed E-state index contributed by atoms with van der Waals surface area (Å²) in [5.41, 5.74) is 10.8. The second-order valence-corrected chi connectivity index (χ2v) is 8.24. The van der Waals surface area contributed by atoms with Gasteiger partial charge in [0.05, 0.1) is 12.5 Å². The van der Waals surface area contributed by atoms with Gasteiger partial charge in [0.1, 0.15) is 18.1 Å². The van der Waals surface area contributed by atoms with Crippen LogP contribution >= 0.6 is 24.4 Å². The molecule has 0 aliphatic carbocycles. The first kappa shape index (κ1) is 26.0. The Morgan fingerprint density at radius 3 is 2.37 bits per heavy atom. The zero-order valence-electron chi connectivity index (χ0n) is 16.7. The third-order valence-electron chi connectivity index (χ3n) is 4.62. The maximum Gasteiger partial charge on any atom is 0.326 e. The molecule has 0 bridgehead atoms. The molecule has 1 rings (SSSR count). The molecule has 0 saturated carbocycles. The van der Waals surface area contributed by atoms with Crippen molar-refractivity contribution < 1.29 is 29.1 Å². The standard InChI is InChI=1S/C17H29N5O6S2/c1-30-6-4-10(16(26)22-5-2-3-12(22)17(27)28)20-15(25)11(7-13(19)23)21-14(24)9(18)8-29/h9-12,29H,2-8,18H2,1H3,(H2,19,23)(H,20,25)(H,21,24)(H,27,28). The number of likely N-dealkylation sites (tertiary alicyclic amines) is 1. The number of hydrogen-bond acceptors (Lipinski definition) is 8. The minimum Gasteiger partial charge on any atom is -0.480 e. The third kappa shape index (κ3) is 7.69. The lowest BCUT2D eigenvalue weighted by atomic mass is 10.1. The van der Waals surface area contributed by atoms with Crippen molar-refractivity contribution in [1.29, 1.82) is 0 Å². The lowest BCUT2D eigenvalue weighted by Gasteiger charge is -2.28. The van der Waals surface area contributed by atoms with E-state index in [0.717, 1.165) is 0 Å². The van der Waals surface area contributed by atoms with Gasteiger partial charge in [-0.1, -0.05) is 0 Å². The van der Waals surface area contributed by atoms with Gasteiger partial charge in [0.25, 0.3) is 0 Å². The van der Waals surface area contributed by atoms with Crippen LogP contribution in [0.2, 0.25) is 0 Å². The summed E-state index contributed by atoms with van der Waals surface area (Å²) in [7, 11) is 0. The normalized spacial score (nSPS) is 18.9. The third-order valence-corrected chi connectivity index (χ3v) is 5.66. The topological polar surface area (TPSA) is 185 Å². The molecule has 7 N–H and O–H groups in total. The van der Waals surface area contributed by atoms with Crippen LogP contribution < -0.4 is 22.1 Å². The number of thioether (sulfide) groups is 1. The molecule has 1 fully saturated rings. The van der Waals surface area contributed by atoms with Crippen molar-refractivity contribution in [2.24, 2.45) is 11.5 Å². The molecular weight excluding hydrogens is 434 g/mol. The lowest BCUT2D eigenvalue weighted by Crippen LogP contribution is -2.58. The Bertz CT molecular complexity index is 665. The molecule has 1 aliphatic heterocycles. The van der Waals surface area contributed by atoms with E-state index in [1.165, 1.54) is 16.7 Å². The number of carboxylic acids is 1. The molecule has 170 valence electrons. The van der Waals surface area contributed by atoms with Gasteiger partial charge in [-0.05, 0) is 31.3 Å². The first-order valence-corrected chi connectivity index (χ1v) is 11.4. The van der Waals surface area contributed by atoms with E-state index in [1.54, 1.807) is 0 Å². The molecule has 0 aromatic heterocycles. The summed E-state index contributed by atoms with van der Waals surface area (Å²) in [6.07, 6.45) is 2.48.